The van der Waals surface area contributed by atoms with Gasteiger partial charge < -0.3 is 20.7 Å². The summed E-state index contributed by atoms with van der Waals surface area (Å²) in [5.41, 5.74) is 4.72. The summed E-state index contributed by atoms with van der Waals surface area (Å²) in [6, 6.07) is 3.22. The molecule has 1 unspecified atom stereocenters. The molecule has 2 aromatic heterocycles. The van der Waals surface area contributed by atoms with E-state index in [0.29, 0.717) is 41.0 Å². The van der Waals surface area contributed by atoms with Crippen LogP contribution >= 0.6 is 11.6 Å². The molecule has 15 heteroatoms. The van der Waals surface area contributed by atoms with Crippen LogP contribution in [0.1, 0.15) is 16.8 Å². The van der Waals surface area contributed by atoms with E-state index in [-0.39, 0.29) is 54.3 Å². The zero-order valence-electron chi connectivity index (χ0n) is 20.9. The van der Waals surface area contributed by atoms with Crippen LogP contribution in [0.3, 0.4) is 0 Å². The fourth-order valence-corrected chi connectivity index (χ4v) is 4.98. The van der Waals surface area contributed by atoms with E-state index in [9.17, 15) is 36.2 Å². The van der Waals surface area contributed by atoms with Crippen LogP contribution in [0.2, 0.25) is 5.02 Å². The van der Waals surface area contributed by atoms with Gasteiger partial charge in [0.1, 0.15) is 6.04 Å². The largest absolute Gasteiger partial charge is 0.416 e. The number of hydrogen-bond acceptors (Lipinski definition) is 6. The summed E-state index contributed by atoms with van der Waals surface area (Å²) in [6.45, 7) is 0.644. The maximum atomic E-state index is 14.0. The molecule has 3 heterocycles. The first kappa shape index (κ1) is 28.6. The molecule has 0 bridgehead atoms. The van der Waals surface area contributed by atoms with Crippen molar-refractivity contribution < 1.29 is 36.2 Å². The van der Waals surface area contributed by atoms with Gasteiger partial charge in [0.25, 0.3) is 0 Å². The highest BCUT2D eigenvalue weighted by Gasteiger charge is 2.35. The highest BCUT2D eigenvalue weighted by molar-refractivity contribution is 6.31. The normalized spacial score (nSPS) is 16.5. The maximum Gasteiger partial charge on any atom is 0.416 e. The number of halogens is 7. The van der Waals surface area contributed by atoms with Gasteiger partial charge in [0, 0.05) is 37.9 Å². The SMILES string of the molecule is NC(=O)C1CN(Cc2ncc(CO)cc2Cl)CCN1c1nc2c(-c3cc(F)c(F)c(F)c3)cc(C(F)(F)F)cc2[nH]1. The monoisotopic (exact) mass is 598 g/mol. The number of amides is 1. The third-order valence-corrected chi connectivity index (χ3v) is 7.12. The Labute approximate surface area is 233 Å². The first-order valence-electron chi connectivity index (χ1n) is 12.1. The van der Waals surface area contributed by atoms with E-state index in [0.717, 1.165) is 6.07 Å². The molecule has 1 saturated heterocycles. The van der Waals surface area contributed by atoms with Crippen molar-refractivity contribution in [2.45, 2.75) is 25.4 Å². The number of hydrogen-bond donors (Lipinski definition) is 3. The lowest BCUT2D eigenvalue weighted by atomic mass is 10.0. The number of aromatic nitrogens is 3. The topological polar surface area (TPSA) is 111 Å². The van der Waals surface area contributed by atoms with E-state index in [2.05, 4.69) is 15.0 Å². The molecule has 0 radical (unpaired) electrons. The van der Waals surface area contributed by atoms with Crippen molar-refractivity contribution in [1.82, 2.24) is 19.9 Å². The zero-order valence-corrected chi connectivity index (χ0v) is 21.7. The van der Waals surface area contributed by atoms with Gasteiger partial charge in [-0.2, -0.15) is 13.2 Å². The van der Waals surface area contributed by atoms with Crippen LogP contribution in [0.4, 0.5) is 32.3 Å². The second-order valence-corrected chi connectivity index (χ2v) is 9.92. The Kier molecular flexibility index (Phi) is 7.57. The first-order valence-corrected chi connectivity index (χ1v) is 12.5. The molecular weight excluding hydrogens is 578 g/mol. The average Bonchev–Trinajstić information content (AvgIpc) is 3.35. The van der Waals surface area contributed by atoms with Crippen LogP contribution < -0.4 is 10.6 Å². The van der Waals surface area contributed by atoms with Crippen LogP contribution in [0, 0.1) is 17.5 Å². The van der Waals surface area contributed by atoms with Gasteiger partial charge in [-0.3, -0.25) is 14.7 Å². The number of aliphatic hydroxyl groups is 1. The third kappa shape index (κ3) is 5.67. The zero-order chi connectivity index (χ0) is 29.6. The minimum absolute atomic E-state index is 0.00976. The minimum Gasteiger partial charge on any atom is -0.392 e. The fourth-order valence-electron chi connectivity index (χ4n) is 4.74. The van der Waals surface area contributed by atoms with Crippen molar-refractivity contribution in [3.05, 3.63) is 75.8 Å². The van der Waals surface area contributed by atoms with Gasteiger partial charge in [0.05, 0.1) is 33.9 Å². The Morgan fingerprint density at radius 2 is 1.83 bits per heavy atom. The first-order chi connectivity index (χ1) is 19.3. The van der Waals surface area contributed by atoms with E-state index >= 15 is 0 Å². The molecule has 0 aliphatic carbocycles. The number of pyridine rings is 1. The number of H-pyrrole nitrogens is 1. The highest BCUT2D eigenvalue weighted by Crippen LogP contribution is 2.38. The molecule has 1 fully saturated rings. The molecule has 4 aromatic rings. The lowest BCUT2D eigenvalue weighted by Crippen LogP contribution is -2.58. The van der Waals surface area contributed by atoms with Crippen LogP contribution in [0.25, 0.3) is 22.2 Å². The molecule has 1 atom stereocenters. The molecule has 0 spiro atoms. The van der Waals surface area contributed by atoms with Crippen molar-refractivity contribution in [1.29, 1.82) is 0 Å². The third-order valence-electron chi connectivity index (χ3n) is 6.79. The van der Waals surface area contributed by atoms with Crippen LogP contribution in [0.5, 0.6) is 0 Å². The fraction of sp³-hybridized carbons (Fsp3) is 0.269. The Balaban J connectivity index is 1.51. The number of aliphatic hydroxyl groups excluding tert-OH is 1. The summed E-state index contributed by atoms with van der Waals surface area (Å²) in [4.78, 5) is 27.2. The Hall–Kier alpha value is -3.88. The number of nitrogens with zero attached hydrogens (tertiary/aromatic N) is 4. The van der Waals surface area contributed by atoms with E-state index in [4.69, 9.17) is 17.3 Å². The number of fused-ring (bicyclic) bond motifs is 1. The number of anilines is 1. The molecule has 1 amide bonds. The molecule has 8 nitrogen and oxygen atoms in total. The van der Waals surface area contributed by atoms with Gasteiger partial charge >= 0.3 is 6.18 Å². The number of carbonyl (C=O) groups excluding carboxylic acids is 1. The van der Waals surface area contributed by atoms with E-state index in [1.165, 1.54) is 11.1 Å². The molecule has 1 aliphatic rings. The van der Waals surface area contributed by atoms with Gasteiger partial charge in [-0.25, -0.2) is 18.2 Å². The lowest BCUT2D eigenvalue weighted by molar-refractivity contribution is -0.137. The molecule has 2 aromatic carbocycles. The molecule has 5 rings (SSSR count). The molecule has 4 N–H and O–H groups in total. The number of imidazole rings is 1. The summed E-state index contributed by atoms with van der Waals surface area (Å²) in [5, 5.41) is 9.58. The van der Waals surface area contributed by atoms with Crippen LogP contribution in [-0.2, 0) is 24.1 Å². The molecular formula is C26H21ClF6N6O2. The Morgan fingerprint density at radius 3 is 2.44 bits per heavy atom. The Bertz CT molecular complexity index is 1620. The standard InChI is InChI=1S/C26H21ClF6N6O2/c27-16-3-12(11-40)8-35-20(16)9-38-1-2-39(21(10-38)24(34)41)25-36-19-7-14(26(31,32)33)6-15(23(19)37-25)13-4-17(28)22(30)18(29)5-13/h3-8,21,40H,1-2,9-11H2,(H2,34,41)(H,36,37). The number of carbonyl (C=O) groups is 1. The summed E-state index contributed by atoms with van der Waals surface area (Å²) in [6.07, 6.45) is -3.35. The average molecular weight is 599 g/mol. The van der Waals surface area contributed by atoms with Crippen LogP contribution in [-0.4, -0.2) is 56.5 Å². The molecule has 41 heavy (non-hydrogen) atoms. The smallest absolute Gasteiger partial charge is 0.392 e. The number of rotatable bonds is 6. The van der Waals surface area contributed by atoms with E-state index in [1.54, 1.807) is 6.07 Å². The van der Waals surface area contributed by atoms with Gasteiger partial charge in [-0.05, 0) is 41.5 Å². The highest BCUT2D eigenvalue weighted by atomic mass is 35.5. The van der Waals surface area contributed by atoms with Crippen molar-refractivity contribution in [3.8, 4) is 11.1 Å². The number of alkyl halides is 3. The predicted octanol–water partition coefficient (Wildman–Crippen LogP) is 4.38. The number of primary amides is 1. The summed E-state index contributed by atoms with van der Waals surface area (Å²) >= 11 is 6.27. The summed E-state index contributed by atoms with van der Waals surface area (Å²) in [7, 11) is 0. The second kappa shape index (κ2) is 10.8. The minimum atomic E-state index is -4.82. The van der Waals surface area contributed by atoms with Gasteiger partial charge in [-0.1, -0.05) is 11.6 Å². The predicted molar refractivity (Wildman–Crippen MR) is 137 cm³/mol. The number of nitrogens with one attached hydrogen (secondary N) is 1. The molecule has 1 aliphatic heterocycles. The van der Waals surface area contributed by atoms with Gasteiger partial charge in [-0.15, -0.1) is 0 Å². The number of nitrogens with two attached hydrogens (primary N) is 1. The Morgan fingerprint density at radius 1 is 1.12 bits per heavy atom. The van der Waals surface area contributed by atoms with Crippen molar-refractivity contribution in [2.24, 2.45) is 5.73 Å². The summed E-state index contributed by atoms with van der Waals surface area (Å²) < 4.78 is 82.7. The number of benzene rings is 2. The van der Waals surface area contributed by atoms with Crippen molar-refractivity contribution >= 4 is 34.5 Å². The van der Waals surface area contributed by atoms with Gasteiger partial charge in [0.15, 0.2) is 17.5 Å². The lowest BCUT2D eigenvalue weighted by Gasteiger charge is -2.39. The number of piperazine rings is 1. The second-order valence-electron chi connectivity index (χ2n) is 9.51. The van der Waals surface area contributed by atoms with Crippen LogP contribution in [0.15, 0.2) is 36.5 Å². The van der Waals surface area contributed by atoms with E-state index < -0.39 is 41.1 Å². The van der Waals surface area contributed by atoms with Gasteiger partial charge in [0.2, 0.25) is 11.9 Å². The van der Waals surface area contributed by atoms with Crippen molar-refractivity contribution in [3.63, 3.8) is 0 Å². The van der Waals surface area contributed by atoms with E-state index in [1.807, 2.05) is 4.90 Å². The van der Waals surface area contributed by atoms with Crippen molar-refractivity contribution in [2.75, 3.05) is 24.5 Å². The molecule has 216 valence electrons. The number of aromatic amines is 1. The summed E-state index contributed by atoms with van der Waals surface area (Å²) in [5.74, 6) is -5.64. The molecule has 0 saturated carbocycles. The maximum absolute atomic E-state index is 14.0. The quantitative estimate of drug-likeness (QED) is 0.224.